The lowest BCUT2D eigenvalue weighted by atomic mass is 10.1. The standard InChI is InChI=1S/C28H35F3N6O3S/c1-19(38)34-21(18-26(32)39)27(40)33-9-12-36-15-13-35(14-16-36)10-4-11-37-22-5-2-3-6-24(22)41-25-8-7-20(17-23(25)37)28(29,30)31/h2-3,5-8,17,21H,4,9-16,18H2,1H3,(H2,32,39)(H,33,40)(H,34,38)/t21-/m0/s1. The Morgan fingerprint density at radius 2 is 1.61 bits per heavy atom. The molecule has 2 heterocycles. The Kier molecular flexibility index (Phi) is 10.2. The molecule has 13 heteroatoms. The molecule has 2 aromatic carbocycles. The third-order valence-corrected chi connectivity index (χ3v) is 8.23. The van der Waals surface area contributed by atoms with Crippen molar-refractivity contribution < 1.29 is 27.6 Å². The number of para-hydroxylation sites is 1. The maximum absolute atomic E-state index is 13.5. The molecule has 1 fully saturated rings. The van der Waals surface area contributed by atoms with Gasteiger partial charge in [-0.15, -0.1) is 0 Å². The Labute approximate surface area is 241 Å². The minimum absolute atomic E-state index is 0.263. The highest BCUT2D eigenvalue weighted by molar-refractivity contribution is 7.99. The highest BCUT2D eigenvalue weighted by Gasteiger charge is 2.33. The number of halogens is 3. The van der Waals surface area contributed by atoms with Gasteiger partial charge in [-0.1, -0.05) is 23.9 Å². The minimum atomic E-state index is -4.40. The fraction of sp³-hybridized carbons (Fsp3) is 0.464. The molecule has 4 N–H and O–H groups in total. The summed E-state index contributed by atoms with van der Waals surface area (Å²) in [4.78, 5) is 43.3. The van der Waals surface area contributed by atoms with E-state index in [1.54, 1.807) is 6.07 Å². The van der Waals surface area contributed by atoms with Crippen LogP contribution in [0.3, 0.4) is 0 Å². The van der Waals surface area contributed by atoms with Gasteiger partial charge in [0.05, 0.1) is 23.4 Å². The molecule has 0 radical (unpaired) electrons. The number of piperazine rings is 1. The van der Waals surface area contributed by atoms with Crippen molar-refractivity contribution in [1.29, 1.82) is 0 Å². The van der Waals surface area contributed by atoms with Gasteiger partial charge in [-0.05, 0) is 43.3 Å². The molecule has 0 unspecified atom stereocenters. The van der Waals surface area contributed by atoms with E-state index >= 15 is 0 Å². The smallest absolute Gasteiger partial charge is 0.370 e. The number of anilines is 2. The first-order valence-electron chi connectivity index (χ1n) is 13.5. The lowest BCUT2D eigenvalue weighted by Gasteiger charge is -2.36. The topological polar surface area (TPSA) is 111 Å². The molecule has 9 nitrogen and oxygen atoms in total. The summed E-state index contributed by atoms with van der Waals surface area (Å²) in [5.74, 6) is -1.53. The fourth-order valence-electron chi connectivity index (χ4n) is 5.05. The molecule has 0 aromatic heterocycles. The first-order chi connectivity index (χ1) is 19.5. The van der Waals surface area contributed by atoms with Crippen LogP contribution < -0.4 is 21.3 Å². The number of amides is 3. The van der Waals surface area contributed by atoms with E-state index in [4.69, 9.17) is 5.73 Å². The number of primary amides is 1. The third-order valence-electron chi connectivity index (χ3n) is 7.10. The van der Waals surface area contributed by atoms with Crippen LogP contribution in [0.15, 0.2) is 52.3 Å². The van der Waals surface area contributed by atoms with E-state index in [2.05, 4.69) is 20.4 Å². The molecule has 222 valence electrons. The maximum atomic E-state index is 13.5. The third kappa shape index (κ3) is 8.37. The Morgan fingerprint density at radius 3 is 2.27 bits per heavy atom. The van der Waals surface area contributed by atoms with Crippen molar-refractivity contribution >= 4 is 40.9 Å². The molecule has 3 amide bonds. The molecule has 0 aliphatic carbocycles. The summed E-state index contributed by atoms with van der Waals surface area (Å²) in [5.41, 5.74) is 6.05. The van der Waals surface area contributed by atoms with Gasteiger partial charge in [-0.2, -0.15) is 13.2 Å². The largest absolute Gasteiger partial charge is 0.416 e. The van der Waals surface area contributed by atoms with Crippen molar-refractivity contribution in [3.63, 3.8) is 0 Å². The Bertz CT molecular complexity index is 1240. The molecule has 2 aliphatic rings. The van der Waals surface area contributed by atoms with Gasteiger partial charge in [0.25, 0.3) is 0 Å². The van der Waals surface area contributed by atoms with Crippen LogP contribution in [0.5, 0.6) is 0 Å². The van der Waals surface area contributed by atoms with Gasteiger partial charge >= 0.3 is 6.18 Å². The van der Waals surface area contributed by atoms with Gasteiger partial charge in [0.2, 0.25) is 17.7 Å². The minimum Gasteiger partial charge on any atom is -0.370 e. The number of alkyl halides is 3. The number of nitrogens with two attached hydrogens (primary N) is 1. The monoisotopic (exact) mass is 592 g/mol. The van der Waals surface area contributed by atoms with Gasteiger partial charge in [-0.25, -0.2) is 0 Å². The summed E-state index contributed by atoms with van der Waals surface area (Å²) in [6, 6.07) is 10.8. The van der Waals surface area contributed by atoms with Crippen molar-refractivity contribution in [2.24, 2.45) is 5.73 Å². The van der Waals surface area contributed by atoms with E-state index < -0.39 is 35.5 Å². The zero-order valence-corrected chi connectivity index (χ0v) is 23.7. The van der Waals surface area contributed by atoms with Gasteiger partial charge in [-0.3, -0.25) is 19.3 Å². The normalized spacial score (nSPS) is 16.4. The average molecular weight is 593 g/mol. The van der Waals surface area contributed by atoms with Crippen molar-refractivity contribution in [2.45, 2.75) is 41.8 Å². The predicted octanol–water partition coefficient (Wildman–Crippen LogP) is 2.81. The van der Waals surface area contributed by atoms with Crippen molar-refractivity contribution in [3.8, 4) is 0 Å². The zero-order valence-electron chi connectivity index (χ0n) is 22.9. The number of hydrogen-bond donors (Lipinski definition) is 3. The van der Waals surface area contributed by atoms with E-state index in [1.165, 1.54) is 24.8 Å². The van der Waals surface area contributed by atoms with Crippen molar-refractivity contribution in [3.05, 3.63) is 48.0 Å². The Hall–Kier alpha value is -3.29. The number of carbonyl (C=O) groups is 3. The number of carbonyl (C=O) groups excluding carboxylic acids is 3. The fourth-order valence-corrected chi connectivity index (χ4v) is 6.13. The molecular weight excluding hydrogens is 557 g/mol. The maximum Gasteiger partial charge on any atom is 0.416 e. The molecule has 41 heavy (non-hydrogen) atoms. The lowest BCUT2D eigenvalue weighted by molar-refractivity contribution is -0.137. The van der Waals surface area contributed by atoms with E-state index in [0.29, 0.717) is 25.3 Å². The molecule has 0 bridgehead atoms. The van der Waals surface area contributed by atoms with Crippen LogP contribution in [0.25, 0.3) is 0 Å². The molecular formula is C28H35F3N6O3S. The second-order valence-electron chi connectivity index (χ2n) is 10.2. The average Bonchev–Trinajstić information content (AvgIpc) is 2.91. The van der Waals surface area contributed by atoms with Crippen molar-refractivity contribution in [1.82, 2.24) is 20.4 Å². The number of fused-ring (bicyclic) bond motifs is 2. The first kappa shape index (κ1) is 30.7. The second-order valence-corrected chi connectivity index (χ2v) is 11.2. The van der Waals surface area contributed by atoms with E-state index in [0.717, 1.165) is 60.7 Å². The molecule has 1 saturated heterocycles. The summed E-state index contributed by atoms with van der Waals surface area (Å²) >= 11 is 1.49. The number of rotatable bonds is 11. The summed E-state index contributed by atoms with van der Waals surface area (Å²) in [6.45, 7) is 6.99. The molecule has 1 atom stereocenters. The van der Waals surface area contributed by atoms with Gasteiger partial charge in [0.15, 0.2) is 0 Å². The highest BCUT2D eigenvalue weighted by Crippen LogP contribution is 2.49. The quantitative estimate of drug-likeness (QED) is 0.368. The van der Waals surface area contributed by atoms with Gasteiger partial charge < -0.3 is 26.2 Å². The molecule has 0 spiro atoms. The number of hydrogen-bond acceptors (Lipinski definition) is 7. The van der Waals surface area contributed by atoms with E-state index in [1.807, 2.05) is 29.2 Å². The van der Waals surface area contributed by atoms with Crippen LogP contribution in [0.4, 0.5) is 24.5 Å². The summed E-state index contributed by atoms with van der Waals surface area (Å²) in [5, 5.41) is 5.20. The summed E-state index contributed by atoms with van der Waals surface area (Å²) in [6.07, 6.45) is -3.88. The van der Waals surface area contributed by atoms with Crippen LogP contribution in [0.1, 0.15) is 25.3 Å². The van der Waals surface area contributed by atoms with Gasteiger partial charge in [0.1, 0.15) is 6.04 Å². The van der Waals surface area contributed by atoms with Crippen LogP contribution in [0, 0.1) is 0 Å². The molecule has 2 aromatic rings. The number of benzene rings is 2. The predicted molar refractivity (Wildman–Crippen MR) is 151 cm³/mol. The van der Waals surface area contributed by atoms with Crippen molar-refractivity contribution in [2.75, 3.05) is 57.3 Å². The SMILES string of the molecule is CC(=O)N[C@@H](CC(N)=O)C(=O)NCCN1CCN(CCCN2c3ccccc3Sc3ccc(C(F)(F)F)cc32)CC1. The molecule has 0 saturated carbocycles. The Morgan fingerprint density at radius 1 is 0.951 bits per heavy atom. The summed E-state index contributed by atoms with van der Waals surface area (Å²) < 4.78 is 40.4. The van der Waals surface area contributed by atoms with Crippen LogP contribution in [-0.2, 0) is 20.6 Å². The van der Waals surface area contributed by atoms with Crippen LogP contribution >= 0.6 is 11.8 Å². The second kappa shape index (κ2) is 13.6. The molecule has 2 aliphatic heterocycles. The van der Waals surface area contributed by atoms with Crippen LogP contribution in [0.2, 0.25) is 0 Å². The zero-order chi connectivity index (χ0) is 29.6. The highest BCUT2D eigenvalue weighted by atomic mass is 32.2. The Balaban J connectivity index is 1.25. The van der Waals surface area contributed by atoms with Gasteiger partial charge in [0, 0.05) is 62.5 Å². The van der Waals surface area contributed by atoms with Crippen LogP contribution in [-0.4, -0.2) is 85.9 Å². The lowest BCUT2D eigenvalue weighted by Crippen LogP contribution is -2.51. The number of nitrogens with zero attached hydrogens (tertiary/aromatic N) is 3. The van der Waals surface area contributed by atoms with E-state index in [9.17, 15) is 27.6 Å². The molecule has 4 rings (SSSR count). The summed E-state index contributed by atoms with van der Waals surface area (Å²) in [7, 11) is 0. The first-order valence-corrected chi connectivity index (χ1v) is 14.4. The number of nitrogens with one attached hydrogen (secondary N) is 2. The van der Waals surface area contributed by atoms with E-state index in [-0.39, 0.29) is 6.42 Å².